The van der Waals surface area contributed by atoms with Gasteiger partial charge in [0.2, 0.25) is 11.8 Å². The molecule has 3 heterocycles. The summed E-state index contributed by atoms with van der Waals surface area (Å²) in [6, 6.07) is -0.262. The maximum Gasteiger partial charge on any atom is 0.243 e. The molecule has 1 N–H and O–H groups in total. The molecule has 1 unspecified atom stereocenters. The van der Waals surface area contributed by atoms with Crippen LogP contribution in [0.15, 0.2) is 17.9 Å². The molecule has 0 radical (unpaired) electrons. The third-order valence-corrected chi connectivity index (χ3v) is 4.55. The Kier molecular flexibility index (Phi) is 4.82. The van der Waals surface area contributed by atoms with E-state index < -0.39 is 0 Å². The van der Waals surface area contributed by atoms with Crippen LogP contribution in [0.2, 0.25) is 0 Å². The number of carbonyl (C=O) groups excluding carboxylic acids is 1. The number of carbonyl (C=O) groups is 1. The van der Waals surface area contributed by atoms with E-state index in [9.17, 15) is 4.79 Å². The van der Waals surface area contributed by atoms with Gasteiger partial charge in [-0.2, -0.15) is 0 Å². The minimum Gasteiger partial charge on any atom is -0.478 e. The SMILES string of the molecule is CCOc1ncnc2c1CN(C(C)C(=O)Nc1nccs1)CC2. The van der Waals surface area contributed by atoms with Crippen LogP contribution in [0, 0.1) is 0 Å². The predicted octanol–water partition coefficient (Wildman–Crippen LogP) is 1.72. The fraction of sp³-hybridized carbons (Fsp3) is 0.467. The molecule has 2 aromatic rings. The van der Waals surface area contributed by atoms with Crippen LogP contribution >= 0.6 is 11.3 Å². The van der Waals surface area contributed by atoms with E-state index >= 15 is 0 Å². The summed E-state index contributed by atoms with van der Waals surface area (Å²) in [5.74, 6) is 0.563. The van der Waals surface area contributed by atoms with Gasteiger partial charge in [-0.1, -0.05) is 0 Å². The molecule has 1 aliphatic rings. The van der Waals surface area contributed by atoms with Gasteiger partial charge in [0, 0.05) is 36.7 Å². The largest absolute Gasteiger partial charge is 0.478 e. The van der Waals surface area contributed by atoms with Gasteiger partial charge in [-0.05, 0) is 13.8 Å². The van der Waals surface area contributed by atoms with E-state index in [-0.39, 0.29) is 11.9 Å². The Morgan fingerprint density at radius 2 is 2.35 bits per heavy atom. The summed E-state index contributed by atoms with van der Waals surface area (Å²) >= 11 is 1.41. The summed E-state index contributed by atoms with van der Waals surface area (Å²) in [7, 11) is 0. The molecule has 0 bridgehead atoms. The van der Waals surface area contributed by atoms with Crippen LogP contribution in [0.1, 0.15) is 25.1 Å². The number of hydrogen-bond acceptors (Lipinski definition) is 7. The second-order valence-electron chi connectivity index (χ2n) is 5.26. The molecule has 122 valence electrons. The van der Waals surface area contributed by atoms with Crippen molar-refractivity contribution in [3.8, 4) is 5.88 Å². The van der Waals surface area contributed by atoms with E-state index in [1.54, 1.807) is 6.20 Å². The first kappa shape index (κ1) is 15.8. The minimum absolute atomic E-state index is 0.0572. The van der Waals surface area contributed by atoms with Gasteiger partial charge in [0.25, 0.3) is 0 Å². The minimum atomic E-state index is -0.262. The molecule has 0 spiro atoms. The summed E-state index contributed by atoms with van der Waals surface area (Å²) in [5, 5.41) is 5.31. The second-order valence-corrected chi connectivity index (χ2v) is 6.15. The van der Waals surface area contributed by atoms with Crippen LogP contribution in [0.3, 0.4) is 0 Å². The lowest BCUT2D eigenvalue weighted by Gasteiger charge is -2.32. The summed E-state index contributed by atoms with van der Waals surface area (Å²) < 4.78 is 5.59. The zero-order valence-corrected chi connectivity index (χ0v) is 14.0. The van der Waals surface area contributed by atoms with E-state index in [1.807, 2.05) is 19.2 Å². The van der Waals surface area contributed by atoms with Crippen molar-refractivity contribution in [3.05, 3.63) is 29.2 Å². The van der Waals surface area contributed by atoms with E-state index in [0.29, 0.717) is 24.2 Å². The smallest absolute Gasteiger partial charge is 0.243 e. The fourth-order valence-corrected chi connectivity index (χ4v) is 3.12. The van der Waals surface area contributed by atoms with Crippen LogP contribution < -0.4 is 10.1 Å². The predicted molar refractivity (Wildman–Crippen MR) is 87.5 cm³/mol. The summed E-state index contributed by atoms with van der Waals surface area (Å²) in [6.07, 6.45) is 4.00. The van der Waals surface area contributed by atoms with Crippen molar-refractivity contribution in [2.75, 3.05) is 18.5 Å². The average Bonchev–Trinajstić information content (AvgIpc) is 3.07. The maximum atomic E-state index is 12.4. The third kappa shape index (κ3) is 3.48. The van der Waals surface area contributed by atoms with Crippen molar-refractivity contribution in [3.63, 3.8) is 0 Å². The lowest BCUT2D eigenvalue weighted by molar-refractivity contribution is -0.121. The molecule has 0 saturated heterocycles. The van der Waals surface area contributed by atoms with Crippen LogP contribution in [0.4, 0.5) is 5.13 Å². The molecule has 1 amide bonds. The van der Waals surface area contributed by atoms with Gasteiger partial charge >= 0.3 is 0 Å². The zero-order valence-electron chi connectivity index (χ0n) is 13.2. The maximum absolute atomic E-state index is 12.4. The number of hydrogen-bond donors (Lipinski definition) is 1. The van der Waals surface area contributed by atoms with E-state index in [0.717, 1.165) is 24.2 Å². The van der Waals surface area contributed by atoms with Crippen LogP contribution in [0.25, 0.3) is 0 Å². The Morgan fingerprint density at radius 1 is 1.48 bits per heavy atom. The highest BCUT2D eigenvalue weighted by molar-refractivity contribution is 7.13. The van der Waals surface area contributed by atoms with Gasteiger partial charge in [0.1, 0.15) is 6.33 Å². The second kappa shape index (κ2) is 7.01. The standard InChI is InChI=1S/C15H19N5O2S/c1-3-22-14-11-8-20(6-4-12(11)17-9-18-14)10(2)13(21)19-15-16-5-7-23-15/h5,7,9-10H,3-4,6,8H2,1-2H3,(H,16,19,21). The molecule has 0 saturated carbocycles. The molecule has 0 aromatic carbocycles. The van der Waals surface area contributed by atoms with E-state index in [2.05, 4.69) is 25.2 Å². The van der Waals surface area contributed by atoms with Crippen molar-refractivity contribution in [2.24, 2.45) is 0 Å². The Balaban J connectivity index is 1.71. The average molecular weight is 333 g/mol. The number of rotatable bonds is 5. The number of nitrogens with zero attached hydrogens (tertiary/aromatic N) is 4. The lowest BCUT2D eigenvalue weighted by Crippen LogP contribution is -2.44. The van der Waals surface area contributed by atoms with Gasteiger partial charge in [0.15, 0.2) is 5.13 Å². The Labute approximate surface area is 138 Å². The number of aromatic nitrogens is 3. The molecule has 7 nitrogen and oxygen atoms in total. The molecule has 23 heavy (non-hydrogen) atoms. The normalized spacial score (nSPS) is 15.7. The van der Waals surface area contributed by atoms with Gasteiger partial charge in [-0.25, -0.2) is 15.0 Å². The number of amides is 1. The van der Waals surface area contributed by atoms with Crippen molar-refractivity contribution in [2.45, 2.75) is 32.9 Å². The summed E-state index contributed by atoms with van der Waals surface area (Å²) in [5.41, 5.74) is 1.99. The first-order valence-electron chi connectivity index (χ1n) is 7.59. The van der Waals surface area contributed by atoms with E-state index in [1.165, 1.54) is 17.7 Å². The number of fused-ring (bicyclic) bond motifs is 1. The summed E-state index contributed by atoms with van der Waals surface area (Å²) in [4.78, 5) is 27.1. The monoisotopic (exact) mass is 333 g/mol. The topological polar surface area (TPSA) is 80.2 Å². The lowest BCUT2D eigenvalue weighted by atomic mass is 10.0. The Hall–Kier alpha value is -2.06. The molecular weight excluding hydrogens is 314 g/mol. The highest BCUT2D eigenvalue weighted by atomic mass is 32.1. The molecule has 3 rings (SSSR count). The zero-order chi connectivity index (χ0) is 16.2. The molecule has 8 heteroatoms. The number of anilines is 1. The summed E-state index contributed by atoms with van der Waals surface area (Å²) in [6.45, 7) is 5.78. The highest BCUT2D eigenvalue weighted by Gasteiger charge is 2.28. The first-order valence-corrected chi connectivity index (χ1v) is 8.47. The number of nitrogens with one attached hydrogen (secondary N) is 1. The van der Waals surface area contributed by atoms with Gasteiger partial charge in [0.05, 0.1) is 18.3 Å². The van der Waals surface area contributed by atoms with Gasteiger partial charge in [-0.3, -0.25) is 9.69 Å². The van der Waals surface area contributed by atoms with Crippen LogP contribution in [-0.2, 0) is 17.8 Å². The Bertz CT molecular complexity index is 677. The van der Waals surface area contributed by atoms with Crippen molar-refractivity contribution >= 4 is 22.4 Å². The number of thiazole rings is 1. The molecule has 1 aliphatic heterocycles. The number of ether oxygens (including phenoxy) is 1. The van der Waals surface area contributed by atoms with Gasteiger partial charge in [-0.15, -0.1) is 11.3 Å². The van der Waals surface area contributed by atoms with Crippen molar-refractivity contribution in [1.82, 2.24) is 19.9 Å². The molecule has 2 aromatic heterocycles. The van der Waals surface area contributed by atoms with Crippen LogP contribution in [-0.4, -0.2) is 45.0 Å². The van der Waals surface area contributed by atoms with Gasteiger partial charge < -0.3 is 10.1 Å². The molecule has 0 fully saturated rings. The fourth-order valence-electron chi connectivity index (χ4n) is 2.59. The van der Waals surface area contributed by atoms with Crippen molar-refractivity contribution < 1.29 is 9.53 Å². The molecule has 0 aliphatic carbocycles. The molecule has 1 atom stereocenters. The highest BCUT2D eigenvalue weighted by Crippen LogP contribution is 2.26. The molecular formula is C15H19N5O2S. The van der Waals surface area contributed by atoms with Crippen LogP contribution in [0.5, 0.6) is 5.88 Å². The van der Waals surface area contributed by atoms with E-state index in [4.69, 9.17) is 4.74 Å². The quantitative estimate of drug-likeness (QED) is 0.897. The first-order chi connectivity index (χ1) is 11.2. The Morgan fingerprint density at radius 3 is 3.09 bits per heavy atom. The third-order valence-electron chi connectivity index (χ3n) is 3.86. The van der Waals surface area contributed by atoms with Crippen molar-refractivity contribution in [1.29, 1.82) is 0 Å².